The summed E-state index contributed by atoms with van der Waals surface area (Å²) in [6.07, 6.45) is 1.85. The zero-order chi connectivity index (χ0) is 20.5. The third-order valence-electron chi connectivity index (χ3n) is 5.46. The fourth-order valence-corrected chi connectivity index (χ4v) is 4.18. The number of ether oxygens (including phenoxy) is 1. The molecule has 6 nitrogen and oxygen atoms in total. The molecule has 0 bridgehead atoms. The van der Waals surface area contributed by atoms with E-state index in [1.165, 1.54) is 0 Å². The summed E-state index contributed by atoms with van der Waals surface area (Å²) in [6.45, 7) is 5.77. The molecule has 3 aromatic rings. The van der Waals surface area contributed by atoms with Gasteiger partial charge in [0.25, 0.3) is 5.91 Å². The molecule has 29 heavy (non-hydrogen) atoms. The number of likely N-dealkylation sites (N-methyl/N-ethyl adjacent to an activating group) is 1. The van der Waals surface area contributed by atoms with Crippen molar-refractivity contribution in [2.24, 2.45) is 0 Å². The first kappa shape index (κ1) is 19.6. The summed E-state index contributed by atoms with van der Waals surface area (Å²) in [5, 5.41) is 0. The number of pyridine rings is 1. The fourth-order valence-electron chi connectivity index (χ4n) is 4.18. The Morgan fingerprint density at radius 1 is 1.21 bits per heavy atom. The number of carbonyl (C=O) groups excluding carboxylic acids is 1. The first-order valence-electron chi connectivity index (χ1n) is 10.0. The molecule has 0 unspecified atom stereocenters. The second-order valence-corrected chi connectivity index (χ2v) is 8.00. The summed E-state index contributed by atoms with van der Waals surface area (Å²) in [6, 6.07) is 14.1. The molecule has 0 N–H and O–H groups in total. The van der Waals surface area contributed by atoms with Crippen LogP contribution in [0.2, 0.25) is 0 Å². The number of hydrogen-bond donors (Lipinski definition) is 0. The van der Waals surface area contributed by atoms with Gasteiger partial charge in [0.2, 0.25) is 0 Å². The van der Waals surface area contributed by atoms with E-state index >= 15 is 0 Å². The van der Waals surface area contributed by atoms with E-state index in [0.29, 0.717) is 18.8 Å². The summed E-state index contributed by atoms with van der Waals surface area (Å²) in [5.74, 6) is -0.000220. The first-order valence-corrected chi connectivity index (χ1v) is 10.0. The van der Waals surface area contributed by atoms with E-state index in [0.717, 1.165) is 29.0 Å². The van der Waals surface area contributed by atoms with Crippen molar-refractivity contribution in [3.63, 3.8) is 0 Å². The molecule has 1 aliphatic heterocycles. The van der Waals surface area contributed by atoms with Gasteiger partial charge in [-0.1, -0.05) is 30.3 Å². The van der Waals surface area contributed by atoms with E-state index in [9.17, 15) is 4.79 Å². The van der Waals surface area contributed by atoms with E-state index in [1.807, 2.05) is 73.8 Å². The Bertz CT molecular complexity index is 1010. The Balaban J connectivity index is 1.77. The van der Waals surface area contributed by atoms with Crippen molar-refractivity contribution >= 4 is 11.6 Å². The summed E-state index contributed by atoms with van der Waals surface area (Å²) >= 11 is 0. The number of benzene rings is 1. The summed E-state index contributed by atoms with van der Waals surface area (Å²) < 4.78 is 8.03. The average Bonchev–Trinajstić information content (AvgIpc) is 3.02. The number of rotatable bonds is 4. The Labute approximate surface area is 171 Å². The van der Waals surface area contributed by atoms with Crippen LogP contribution in [0.1, 0.15) is 33.4 Å². The monoisotopic (exact) mass is 392 g/mol. The minimum absolute atomic E-state index is 0.000220. The summed E-state index contributed by atoms with van der Waals surface area (Å²) in [5.41, 5.74) is 4.41. The van der Waals surface area contributed by atoms with Crippen LogP contribution in [0.4, 0.5) is 0 Å². The molecule has 1 saturated heterocycles. The summed E-state index contributed by atoms with van der Waals surface area (Å²) in [4.78, 5) is 22.5. The number of hydrogen-bond acceptors (Lipinski definition) is 4. The standard InChI is InChI=1S/C23H28N4O2/c1-16-10-11-26-20(14-16)24-17(2)21(26)23(28)27-12-13-29-19(15-25(3)4)22(27)18-8-6-5-7-9-18/h5-11,14,19,22H,12-13,15H2,1-4H3/t19-,22-/m0/s1. The molecule has 1 fully saturated rings. The van der Waals surface area contributed by atoms with Crippen molar-refractivity contribution in [2.75, 3.05) is 33.8 Å². The van der Waals surface area contributed by atoms with E-state index in [1.54, 1.807) is 0 Å². The largest absolute Gasteiger partial charge is 0.373 e. The minimum atomic E-state index is -0.143. The molecule has 1 aromatic carbocycles. The Hall–Kier alpha value is -2.70. The molecule has 0 spiro atoms. The highest BCUT2D eigenvalue weighted by molar-refractivity contribution is 5.95. The molecule has 152 valence electrons. The zero-order valence-corrected chi connectivity index (χ0v) is 17.5. The van der Waals surface area contributed by atoms with Crippen LogP contribution in [0.15, 0.2) is 48.7 Å². The zero-order valence-electron chi connectivity index (χ0n) is 17.5. The number of nitrogens with zero attached hydrogens (tertiary/aromatic N) is 4. The van der Waals surface area contributed by atoms with Crippen LogP contribution in [0.25, 0.3) is 5.65 Å². The quantitative estimate of drug-likeness (QED) is 0.685. The number of aryl methyl sites for hydroxylation is 2. The fraction of sp³-hybridized carbons (Fsp3) is 0.391. The van der Waals surface area contributed by atoms with Crippen molar-refractivity contribution in [3.8, 4) is 0 Å². The lowest BCUT2D eigenvalue weighted by Crippen LogP contribution is -2.51. The molecule has 0 aliphatic carbocycles. The Kier molecular flexibility index (Phi) is 5.39. The second-order valence-electron chi connectivity index (χ2n) is 8.00. The molecular formula is C23H28N4O2. The third kappa shape index (κ3) is 3.78. The van der Waals surface area contributed by atoms with Crippen molar-refractivity contribution in [1.29, 1.82) is 0 Å². The van der Waals surface area contributed by atoms with Crippen LogP contribution in [0, 0.1) is 13.8 Å². The van der Waals surface area contributed by atoms with Crippen LogP contribution in [-0.4, -0.2) is 65.0 Å². The first-order chi connectivity index (χ1) is 14.0. The lowest BCUT2D eigenvalue weighted by Gasteiger charge is -2.42. The number of morpholine rings is 1. The molecule has 1 amide bonds. The van der Waals surface area contributed by atoms with E-state index < -0.39 is 0 Å². The SMILES string of the molecule is Cc1ccn2c(C(=O)N3CCO[C@@H](CN(C)C)[C@@H]3c3ccccc3)c(C)nc2c1. The highest BCUT2D eigenvalue weighted by Gasteiger charge is 2.38. The van der Waals surface area contributed by atoms with Crippen LogP contribution in [0.5, 0.6) is 0 Å². The molecule has 1 aliphatic rings. The van der Waals surface area contributed by atoms with E-state index in [2.05, 4.69) is 22.0 Å². The normalized spacial score (nSPS) is 19.8. The van der Waals surface area contributed by atoms with Gasteiger partial charge in [0.1, 0.15) is 11.3 Å². The van der Waals surface area contributed by atoms with Gasteiger partial charge < -0.3 is 14.5 Å². The number of aromatic nitrogens is 2. The molecule has 6 heteroatoms. The number of carbonyl (C=O) groups is 1. The Morgan fingerprint density at radius 3 is 2.69 bits per heavy atom. The molecular weight excluding hydrogens is 364 g/mol. The average molecular weight is 393 g/mol. The molecule has 2 atom stereocenters. The highest BCUT2D eigenvalue weighted by Crippen LogP contribution is 2.32. The lowest BCUT2D eigenvalue weighted by molar-refractivity contribution is -0.0686. The van der Waals surface area contributed by atoms with Crippen molar-refractivity contribution in [2.45, 2.75) is 26.0 Å². The van der Waals surface area contributed by atoms with Gasteiger partial charge in [-0.25, -0.2) is 4.98 Å². The highest BCUT2D eigenvalue weighted by atomic mass is 16.5. The van der Waals surface area contributed by atoms with Gasteiger partial charge in [-0.05, 0) is 51.2 Å². The molecule has 0 radical (unpaired) electrons. The third-order valence-corrected chi connectivity index (χ3v) is 5.46. The topological polar surface area (TPSA) is 50.1 Å². The number of imidazole rings is 1. The van der Waals surface area contributed by atoms with Gasteiger partial charge in [-0.2, -0.15) is 0 Å². The maximum atomic E-state index is 13.8. The summed E-state index contributed by atoms with van der Waals surface area (Å²) in [7, 11) is 4.06. The van der Waals surface area contributed by atoms with Crippen LogP contribution in [-0.2, 0) is 4.74 Å². The van der Waals surface area contributed by atoms with E-state index in [-0.39, 0.29) is 18.1 Å². The minimum Gasteiger partial charge on any atom is -0.373 e. The molecule has 4 rings (SSSR count). The Morgan fingerprint density at radius 2 is 1.97 bits per heavy atom. The van der Waals surface area contributed by atoms with Gasteiger partial charge in [-0.3, -0.25) is 9.20 Å². The van der Waals surface area contributed by atoms with Crippen molar-refractivity contribution in [1.82, 2.24) is 19.2 Å². The lowest BCUT2D eigenvalue weighted by atomic mass is 9.97. The smallest absolute Gasteiger partial charge is 0.273 e. The van der Waals surface area contributed by atoms with Crippen LogP contribution < -0.4 is 0 Å². The van der Waals surface area contributed by atoms with Gasteiger partial charge in [-0.15, -0.1) is 0 Å². The van der Waals surface area contributed by atoms with Crippen LogP contribution >= 0.6 is 0 Å². The van der Waals surface area contributed by atoms with Gasteiger partial charge in [0, 0.05) is 19.3 Å². The van der Waals surface area contributed by atoms with Crippen molar-refractivity contribution < 1.29 is 9.53 Å². The maximum Gasteiger partial charge on any atom is 0.273 e. The second kappa shape index (κ2) is 7.97. The molecule has 0 saturated carbocycles. The van der Waals surface area contributed by atoms with Gasteiger partial charge >= 0.3 is 0 Å². The maximum absolute atomic E-state index is 13.8. The number of amides is 1. The predicted molar refractivity (Wildman–Crippen MR) is 113 cm³/mol. The molecule has 3 heterocycles. The predicted octanol–water partition coefficient (Wildman–Crippen LogP) is 3.10. The van der Waals surface area contributed by atoms with Gasteiger partial charge in [0.05, 0.1) is 24.4 Å². The van der Waals surface area contributed by atoms with Crippen LogP contribution in [0.3, 0.4) is 0 Å². The van der Waals surface area contributed by atoms with Crippen molar-refractivity contribution in [3.05, 3.63) is 71.2 Å². The van der Waals surface area contributed by atoms with Gasteiger partial charge in [0.15, 0.2) is 0 Å². The van der Waals surface area contributed by atoms with E-state index in [4.69, 9.17) is 4.74 Å². The molecule has 2 aromatic heterocycles. The number of fused-ring (bicyclic) bond motifs is 1.